The molecule has 2 rings (SSSR count). The maximum absolute atomic E-state index is 11.9. The van der Waals surface area contributed by atoms with E-state index in [-0.39, 0.29) is 5.92 Å². The lowest BCUT2D eigenvalue weighted by atomic mass is 9.89. The van der Waals surface area contributed by atoms with Crippen LogP contribution in [-0.2, 0) is 0 Å². The van der Waals surface area contributed by atoms with Crippen molar-refractivity contribution in [1.82, 2.24) is 0 Å². The first-order valence-electron chi connectivity index (χ1n) is 4.28. The first-order chi connectivity index (χ1) is 5.25. The van der Waals surface area contributed by atoms with Crippen LogP contribution in [0.3, 0.4) is 0 Å². The molecule has 11 heavy (non-hydrogen) atoms. The fourth-order valence-corrected chi connectivity index (χ4v) is 2.66. The number of hydrogen-bond donors (Lipinski definition) is 0. The molecule has 2 bridgehead atoms. The van der Waals surface area contributed by atoms with E-state index in [0.29, 0.717) is 5.92 Å². The van der Waals surface area contributed by atoms with Crippen LogP contribution in [-0.4, -0.2) is 0 Å². The molecule has 0 aromatic rings. The van der Waals surface area contributed by atoms with Gasteiger partial charge in [-0.05, 0) is 43.1 Å². The van der Waals surface area contributed by atoms with E-state index in [0.717, 1.165) is 12.3 Å². The maximum Gasteiger partial charge on any atom is 0.266 e. The summed E-state index contributed by atoms with van der Waals surface area (Å²) in [7, 11) is 0. The summed E-state index contributed by atoms with van der Waals surface area (Å²) >= 11 is 0. The summed E-state index contributed by atoms with van der Waals surface area (Å²) in [4.78, 5) is 0. The third-order valence-corrected chi connectivity index (χ3v) is 3.13. The Balaban J connectivity index is 2.03. The van der Waals surface area contributed by atoms with E-state index in [9.17, 15) is 8.78 Å². The molecule has 0 radical (unpaired) electrons. The first-order valence-corrected chi connectivity index (χ1v) is 4.28. The van der Waals surface area contributed by atoms with Gasteiger partial charge in [-0.25, -0.2) is 0 Å². The van der Waals surface area contributed by atoms with Gasteiger partial charge in [0.2, 0.25) is 0 Å². The molecule has 2 aliphatic rings. The molecule has 2 saturated carbocycles. The van der Waals surface area contributed by atoms with Crippen molar-refractivity contribution >= 4 is 0 Å². The number of fused-ring (bicyclic) bond motifs is 2. The average molecular weight is 158 g/mol. The molecule has 0 aliphatic heterocycles. The second-order valence-corrected chi connectivity index (χ2v) is 3.80. The minimum atomic E-state index is -1.48. The van der Waals surface area contributed by atoms with E-state index >= 15 is 0 Å². The van der Waals surface area contributed by atoms with Crippen molar-refractivity contribution < 1.29 is 8.78 Å². The Bertz CT molecular complexity index is 182. The SMILES string of the molecule is FC(F)=C[C@@H]1C[C@H]2CC[C@H]1C2. The predicted octanol–water partition coefficient (Wildman–Crippen LogP) is 3.20. The van der Waals surface area contributed by atoms with Crippen LogP contribution in [0.4, 0.5) is 8.78 Å². The highest BCUT2D eigenvalue weighted by Crippen LogP contribution is 2.49. The summed E-state index contributed by atoms with van der Waals surface area (Å²) in [5.41, 5.74) is 0. The Morgan fingerprint density at radius 1 is 1.18 bits per heavy atom. The Labute approximate surface area is 65.3 Å². The van der Waals surface area contributed by atoms with Gasteiger partial charge in [0.15, 0.2) is 0 Å². The van der Waals surface area contributed by atoms with Gasteiger partial charge in [0, 0.05) is 0 Å². The largest absolute Gasteiger partial charge is 0.266 e. The normalized spacial score (nSPS) is 41.1. The van der Waals surface area contributed by atoms with Gasteiger partial charge in [-0.1, -0.05) is 6.42 Å². The molecule has 0 N–H and O–H groups in total. The molecule has 62 valence electrons. The number of halogens is 2. The quantitative estimate of drug-likeness (QED) is 0.549. The lowest BCUT2D eigenvalue weighted by Gasteiger charge is -2.16. The minimum absolute atomic E-state index is 0.207. The molecule has 2 fully saturated rings. The van der Waals surface area contributed by atoms with Gasteiger partial charge < -0.3 is 0 Å². The molecular formula is C9H12F2. The molecule has 0 nitrogen and oxygen atoms in total. The molecule has 0 unspecified atom stereocenters. The molecule has 0 aromatic heterocycles. The number of allylic oxidation sites excluding steroid dienone is 1. The van der Waals surface area contributed by atoms with Crippen molar-refractivity contribution in [2.24, 2.45) is 17.8 Å². The van der Waals surface area contributed by atoms with E-state index in [4.69, 9.17) is 0 Å². The van der Waals surface area contributed by atoms with Gasteiger partial charge in [-0.3, -0.25) is 0 Å². The molecule has 0 aromatic carbocycles. The minimum Gasteiger partial charge on any atom is -0.174 e. The molecule has 0 amide bonds. The van der Waals surface area contributed by atoms with Crippen LogP contribution in [0, 0.1) is 17.8 Å². The van der Waals surface area contributed by atoms with Crippen molar-refractivity contribution in [3.8, 4) is 0 Å². The zero-order chi connectivity index (χ0) is 7.84. The fraction of sp³-hybridized carbons (Fsp3) is 0.778. The second kappa shape index (κ2) is 2.58. The second-order valence-electron chi connectivity index (χ2n) is 3.80. The maximum atomic E-state index is 11.9. The van der Waals surface area contributed by atoms with Crippen LogP contribution >= 0.6 is 0 Å². The summed E-state index contributed by atoms with van der Waals surface area (Å²) in [5, 5.41) is 0. The Morgan fingerprint density at radius 3 is 2.45 bits per heavy atom. The number of hydrogen-bond acceptors (Lipinski definition) is 0. The van der Waals surface area contributed by atoms with Crippen molar-refractivity contribution in [2.45, 2.75) is 25.7 Å². The van der Waals surface area contributed by atoms with Gasteiger partial charge in [-0.2, -0.15) is 8.78 Å². The highest BCUT2D eigenvalue weighted by Gasteiger charge is 2.38. The van der Waals surface area contributed by atoms with Crippen molar-refractivity contribution in [3.05, 3.63) is 12.2 Å². The molecule has 0 heterocycles. The smallest absolute Gasteiger partial charge is 0.174 e. The fourth-order valence-electron chi connectivity index (χ4n) is 2.66. The standard InChI is InChI=1S/C9H12F2/c10-9(11)5-8-4-6-1-2-7(8)3-6/h5-8H,1-4H2/t6-,7-,8-/m0/s1. The summed E-state index contributed by atoms with van der Waals surface area (Å²) < 4.78 is 23.7. The Kier molecular flexibility index (Phi) is 1.70. The topological polar surface area (TPSA) is 0 Å². The zero-order valence-electron chi connectivity index (χ0n) is 6.39. The van der Waals surface area contributed by atoms with E-state index in [2.05, 4.69) is 0 Å². The zero-order valence-corrected chi connectivity index (χ0v) is 6.39. The third-order valence-electron chi connectivity index (χ3n) is 3.13. The van der Waals surface area contributed by atoms with Crippen LogP contribution in [0.5, 0.6) is 0 Å². The van der Waals surface area contributed by atoms with E-state index in [1.165, 1.54) is 25.3 Å². The Morgan fingerprint density at radius 2 is 2.00 bits per heavy atom. The lowest BCUT2D eigenvalue weighted by molar-refractivity contribution is 0.359. The van der Waals surface area contributed by atoms with Crippen molar-refractivity contribution in [1.29, 1.82) is 0 Å². The molecular weight excluding hydrogens is 146 g/mol. The lowest BCUT2D eigenvalue weighted by Crippen LogP contribution is -2.07. The van der Waals surface area contributed by atoms with Gasteiger partial charge in [0.05, 0.1) is 0 Å². The monoisotopic (exact) mass is 158 g/mol. The van der Waals surface area contributed by atoms with E-state index < -0.39 is 6.08 Å². The first kappa shape index (κ1) is 7.26. The van der Waals surface area contributed by atoms with Crippen LogP contribution in [0.2, 0.25) is 0 Å². The van der Waals surface area contributed by atoms with E-state index in [1.807, 2.05) is 0 Å². The molecule has 2 aliphatic carbocycles. The van der Waals surface area contributed by atoms with Crippen molar-refractivity contribution in [2.75, 3.05) is 0 Å². The molecule has 2 heteroatoms. The van der Waals surface area contributed by atoms with Crippen LogP contribution in [0.15, 0.2) is 12.2 Å². The highest BCUT2D eigenvalue weighted by atomic mass is 19.3. The van der Waals surface area contributed by atoms with Crippen LogP contribution in [0.1, 0.15) is 25.7 Å². The van der Waals surface area contributed by atoms with Gasteiger partial charge >= 0.3 is 0 Å². The molecule has 0 spiro atoms. The number of rotatable bonds is 1. The summed E-state index contributed by atoms with van der Waals surface area (Å²) in [6, 6.07) is 0. The van der Waals surface area contributed by atoms with Crippen LogP contribution < -0.4 is 0 Å². The van der Waals surface area contributed by atoms with Gasteiger partial charge in [-0.15, -0.1) is 0 Å². The van der Waals surface area contributed by atoms with Crippen molar-refractivity contribution in [3.63, 3.8) is 0 Å². The molecule has 0 saturated heterocycles. The summed E-state index contributed by atoms with van der Waals surface area (Å²) in [6.07, 6.45) is 4.37. The third kappa shape index (κ3) is 1.31. The summed E-state index contributed by atoms with van der Waals surface area (Å²) in [5.74, 6) is 1.56. The molecule has 3 atom stereocenters. The average Bonchev–Trinajstić information content (AvgIpc) is 2.45. The van der Waals surface area contributed by atoms with Gasteiger partial charge in [0.25, 0.3) is 6.08 Å². The highest BCUT2D eigenvalue weighted by molar-refractivity contribution is 5.00. The summed E-state index contributed by atoms with van der Waals surface area (Å²) in [6.45, 7) is 0. The van der Waals surface area contributed by atoms with Gasteiger partial charge in [0.1, 0.15) is 0 Å². The Hall–Kier alpha value is -0.400. The van der Waals surface area contributed by atoms with E-state index in [1.54, 1.807) is 0 Å². The predicted molar refractivity (Wildman–Crippen MR) is 39.2 cm³/mol. The van der Waals surface area contributed by atoms with Crippen LogP contribution in [0.25, 0.3) is 0 Å².